The number of esters is 1. The van der Waals surface area contributed by atoms with Crippen LogP contribution < -0.4 is 10.6 Å². The number of anilines is 1. The molecule has 0 unspecified atom stereocenters. The van der Waals surface area contributed by atoms with E-state index in [1.54, 1.807) is 30.1 Å². The smallest absolute Gasteiger partial charge is 0.337 e. The highest BCUT2D eigenvalue weighted by Crippen LogP contribution is 2.31. The predicted octanol–water partition coefficient (Wildman–Crippen LogP) is 3.25. The van der Waals surface area contributed by atoms with Gasteiger partial charge in [-0.25, -0.2) is 4.79 Å². The summed E-state index contributed by atoms with van der Waals surface area (Å²) in [6.45, 7) is 1.83. The van der Waals surface area contributed by atoms with E-state index in [1.807, 2.05) is 43.3 Å². The highest BCUT2D eigenvalue weighted by molar-refractivity contribution is 7.80. The molecule has 2 aromatic carbocycles. The van der Waals surface area contributed by atoms with Gasteiger partial charge in [-0.05, 0) is 49.0 Å². The quantitative estimate of drug-likeness (QED) is 0.612. The van der Waals surface area contributed by atoms with Gasteiger partial charge in [-0.1, -0.05) is 30.3 Å². The Bertz CT molecular complexity index is 956. The summed E-state index contributed by atoms with van der Waals surface area (Å²) in [6, 6.07) is 15.8. The lowest BCUT2D eigenvalue weighted by atomic mass is 9.95. The Hall–Kier alpha value is -3.19. The highest BCUT2D eigenvalue weighted by Gasteiger charge is 2.33. The van der Waals surface area contributed by atoms with E-state index in [1.165, 1.54) is 7.11 Å². The average Bonchev–Trinajstić information content (AvgIpc) is 2.72. The molecule has 0 saturated heterocycles. The summed E-state index contributed by atoms with van der Waals surface area (Å²) < 4.78 is 4.97. The van der Waals surface area contributed by atoms with Crippen molar-refractivity contribution in [2.24, 2.45) is 0 Å². The Morgan fingerprint density at radius 2 is 1.86 bits per heavy atom. The Balaban J connectivity index is 1.93. The minimum absolute atomic E-state index is 0.204. The number of hydrogen-bond donors (Lipinski definition) is 2. The minimum atomic E-state index is -0.468. The van der Waals surface area contributed by atoms with E-state index in [-0.39, 0.29) is 5.91 Å². The maximum atomic E-state index is 12.4. The lowest BCUT2D eigenvalue weighted by Crippen LogP contribution is -2.46. The van der Waals surface area contributed by atoms with Crippen molar-refractivity contribution in [1.82, 2.24) is 10.2 Å². The van der Waals surface area contributed by atoms with E-state index >= 15 is 0 Å². The SMILES string of the molecule is COC(=O)C1=C(C)N(C)C(=S)N[C@H]1c1cccc(NC(=O)c2ccccc2)c1. The monoisotopic (exact) mass is 395 g/mol. The number of rotatable bonds is 4. The first-order valence-corrected chi connectivity index (χ1v) is 9.13. The zero-order valence-electron chi connectivity index (χ0n) is 15.9. The number of nitrogens with one attached hydrogen (secondary N) is 2. The molecule has 6 nitrogen and oxygen atoms in total. The number of nitrogens with zero attached hydrogens (tertiary/aromatic N) is 1. The molecule has 1 amide bonds. The van der Waals surface area contributed by atoms with Crippen LogP contribution in [-0.4, -0.2) is 36.0 Å². The zero-order chi connectivity index (χ0) is 20.3. The van der Waals surface area contributed by atoms with Crippen LogP contribution in [0.5, 0.6) is 0 Å². The first-order chi connectivity index (χ1) is 13.4. The van der Waals surface area contributed by atoms with Crippen molar-refractivity contribution < 1.29 is 14.3 Å². The van der Waals surface area contributed by atoms with E-state index in [0.29, 0.717) is 21.9 Å². The molecule has 0 aliphatic carbocycles. The summed E-state index contributed by atoms with van der Waals surface area (Å²) in [5.74, 6) is -0.632. The number of benzene rings is 2. The van der Waals surface area contributed by atoms with Crippen LogP contribution in [0.15, 0.2) is 65.9 Å². The number of ether oxygens (including phenoxy) is 1. The lowest BCUT2D eigenvalue weighted by molar-refractivity contribution is -0.136. The van der Waals surface area contributed by atoms with Crippen molar-refractivity contribution in [3.63, 3.8) is 0 Å². The average molecular weight is 395 g/mol. The molecule has 0 fully saturated rings. The summed E-state index contributed by atoms with van der Waals surface area (Å²) in [4.78, 5) is 26.6. The van der Waals surface area contributed by atoms with Crippen LogP contribution >= 0.6 is 12.2 Å². The van der Waals surface area contributed by atoms with Gasteiger partial charge in [0, 0.05) is 24.0 Å². The molecule has 0 spiro atoms. The number of carbonyl (C=O) groups is 2. The third kappa shape index (κ3) is 3.89. The summed E-state index contributed by atoms with van der Waals surface area (Å²) >= 11 is 5.38. The Morgan fingerprint density at radius 1 is 1.14 bits per heavy atom. The molecular formula is C21H21N3O3S. The van der Waals surface area contributed by atoms with Gasteiger partial charge in [-0.3, -0.25) is 4.79 Å². The molecule has 28 heavy (non-hydrogen) atoms. The Morgan fingerprint density at radius 3 is 2.54 bits per heavy atom. The van der Waals surface area contributed by atoms with Crippen LogP contribution in [0.1, 0.15) is 28.9 Å². The molecule has 0 radical (unpaired) electrons. The van der Waals surface area contributed by atoms with E-state index in [0.717, 1.165) is 11.3 Å². The molecule has 1 aliphatic heterocycles. The summed E-state index contributed by atoms with van der Waals surface area (Å²) in [5.41, 5.74) is 3.18. The van der Waals surface area contributed by atoms with Gasteiger partial charge in [0.1, 0.15) is 0 Å². The van der Waals surface area contributed by atoms with Crippen LogP contribution in [0.4, 0.5) is 5.69 Å². The fourth-order valence-corrected chi connectivity index (χ4v) is 3.30. The third-order valence-electron chi connectivity index (χ3n) is 4.67. The van der Waals surface area contributed by atoms with Crippen molar-refractivity contribution >= 4 is 34.9 Å². The second kappa shape index (κ2) is 8.22. The van der Waals surface area contributed by atoms with Gasteiger partial charge in [-0.2, -0.15) is 0 Å². The molecule has 0 saturated carbocycles. The molecule has 7 heteroatoms. The molecule has 2 N–H and O–H groups in total. The number of carbonyl (C=O) groups excluding carboxylic acids is 2. The number of methoxy groups -OCH3 is 1. The van der Waals surface area contributed by atoms with E-state index in [4.69, 9.17) is 17.0 Å². The maximum absolute atomic E-state index is 12.4. The zero-order valence-corrected chi connectivity index (χ0v) is 16.7. The number of hydrogen-bond acceptors (Lipinski definition) is 4. The molecule has 3 rings (SSSR count). The molecule has 2 aromatic rings. The molecule has 0 bridgehead atoms. The molecular weight excluding hydrogens is 374 g/mol. The van der Waals surface area contributed by atoms with Crippen LogP contribution in [0, 0.1) is 0 Å². The molecule has 1 heterocycles. The highest BCUT2D eigenvalue weighted by atomic mass is 32.1. The first kappa shape index (κ1) is 19.6. The second-order valence-corrected chi connectivity index (χ2v) is 6.76. The normalized spacial score (nSPS) is 16.5. The van der Waals surface area contributed by atoms with E-state index in [2.05, 4.69) is 10.6 Å². The van der Waals surface area contributed by atoms with Crippen molar-refractivity contribution in [2.75, 3.05) is 19.5 Å². The third-order valence-corrected chi connectivity index (χ3v) is 5.06. The van der Waals surface area contributed by atoms with Gasteiger partial charge in [0.25, 0.3) is 5.91 Å². The van der Waals surface area contributed by atoms with Gasteiger partial charge < -0.3 is 20.3 Å². The lowest BCUT2D eigenvalue weighted by Gasteiger charge is -2.35. The fourth-order valence-electron chi connectivity index (χ4n) is 3.05. The standard InChI is InChI=1S/C21H21N3O3S/c1-13-17(20(26)27-3)18(23-21(28)24(13)2)15-10-7-11-16(12-15)22-19(25)14-8-5-4-6-9-14/h4-12,18H,1-3H3,(H,22,25)(H,23,28)/t18-/m0/s1. The van der Waals surface area contributed by atoms with E-state index < -0.39 is 12.0 Å². The molecule has 1 aliphatic rings. The van der Waals surface area contributed by atoms with Gasteiger partial charge >= 0.3 is 5.97 Å². The maximum Gasteiger partial charge on any atom is 0.337 e. The van der Waals surface area contributed by atoms with Gasteiger partial charge in [0.2, 0.25) is 0 Å². The van der Waals surface area contributed by atoms with Crippen molar-refractivity contribution in [3.8, 4) is 0 Å². The molecule has 144 valence electrons. The van der Waals surface area contributed by atoms with Crippen molar-refractivity contribution in [3.05, 3.63) is 77.0 Å². The second-order valence-electron chi connectivity index (χ2n) is 6.38. The number of amides is 1. The number of thiocarbonyl (C=S) groups is 1. The minimum Gasteiger partial charge on any atom is -0.466 e. The first-order valence-electron chi connectivity index (χ1n) is 8.72. The van der Waals surface area contributed by atoms with Gasteiger partial charge in [0.15, 0.2) is 5.11 Å². The van der Waals surface area contributed by atoms with Crippen molar-refractivity contribution in [2.45, 2.75) is 13.0 Å². The summed E-state index contributed by atoms with van der Waals surface area (Å²) in [7, 11) is 3.14. The number of allylic oxidation sites excluding steroid dienone is 1. The summed E-state index contributed by atoms with van der Waals surface area (Å²) in [6.07, 6.45) is 0. The Kier molecular flexibility index (Phi) is 5.75. The van der Waals surface area contributed by atoms with Crippen LogP contribution in [0.25, 0.3) is 0 Å². The van der Waals surface area contributed by atoms with Crippen LogP contribution in [0.3, 0.4) is 0 Å². The van der Waals surface area contributed by atoms with Crippen LogP contribution in [-0.2, 0) is 9.53 Å². The Labute approximate surface area is 169 Å². The molecule has 0 aromatic heterocycles. The largest absolute Gasteiger partial charge is 0.466 e. The topological polar surface area (TPSA) is 70.7 Å². The van der Waals surface area contributed by atoms with Crippen molar-refractivity contribution in [1.29, 1.82) is 0 Å². The molecule has 1 atom stereocenters. The predicted molar refractivity (Wildman–Crippen MR) is 112 cm³/mol. The fraction of sp³-hybridized carbons (Fsp3) is 0.190. The summed E-state index contributed by atoms with van der Waals surface area (Å²) in [5, 5.41) is 6.57. The van der Waals surface area contributed by atoms with Gasteiger partial charge in [-0.15, -0.1) is 0 Å². The van der Waals surface area contributed by atoms with Gasteiger partial charge in [0.05, 0.1) is 18.7 Å². The van der Waals surface area contributed by atoms with Crippen LogP contribution in [0.2, 0.25) is 0 Å². The van der Waals surface area contributed by atoms with E-state index in [9.17, 15) is 9.59 Å².